The zero-order chi connectivity index (χ0) is 10.4. The lowest BCUT2D eigenvalue weighted by Crippen LogP contribution is -1.87. The van der Waals surface area contributed by atoms with Gasteiger partial charge in [-0.1, -0.05) is 12.1 Å². The second kappa shape index (κ2) is 3.03. The maximum Gasteiger partial charge on any atom is 0.145 e. The predicted octanol–water partition coefficient (Wildman–Crippen LogP) is 3.39. The van der Waals surface area contributed by atoms with Gasteiger partial charge in [-0.2, -0.15) is 0 Å². The normalized spacial score (nSPS) is 11.3. The van der Waals surface area contributed by atoms with E-state index in [1.807, 2.05) is 10.5 Å². The van der Waals surface area contributed by atoms with Gasteiger partial charge in [-0.3, -0.25) is 4.40 Å². The van der Waals surface area contributed by atoms with Crippen LogP contribution in [0.15, 0.2) is 41.3 Å². The van der Waals surface area contributed by atoms with Gasteiger partial charge in [0.15, 0.2) is 0 Å². The number of fused-ring (bicyclic) bond motifs is 3. The second-order valence-corrected chi connectivity index (χ2v) is 4.10. The molecule has 0 aliphatic rings. The largest absolute Gasteiger partial charge is 0.294 e. The standard InChI is InChI=1S/C11H6BrFN2/c12-10-6-14-11-8-2-1-3-9(13)7(8)4-5-15(10)11/h1-6H. The lowest BCUT2D eigenvalue weighted by molar-refractivity contribution is 0.640. The lowest BCUT2D eigenvalue weighted by atomic mass is 10.1. The quantitative estimate of drug-likeness (QED) is 0.609. The summed E-state index contributed by atoms with van der Waals surface area (Å²) in [6.07, 6.45) is 3.51. The van der Waals surface area contributed by atoms with E-state index in [1.165, 1.54) is 6.07 Å². The molecule has 0 bridgehead atoms. The van der Waals surface area contributed by atoms with Crippen LogP contribution in [0, 0.1) is 5.82 Å². The second-order valence-electron chi connectivity index (χ2n) is 3.29. The first kappa shape index (κ1) is 8.85. The number of imidazole rings is 1. The Morgan fingerprint density at radius 1 is 1.20 bits per heavy atom. The Bertz CT molecular complexity index is 660. The maximum absolute atomic E-state index is 13.5. The van der Waals surface area contributed by atoms with Crippen molar-refractivity contribution in [2.45, 2.75) is 0 Å². The van der Waals surface area contributed by atoms with Crippen LogP contribution in [0.2, 0.25) is 0 Å². The lowest BCUT2D eigenvalue weighted by Gasteiger charge is -2.01. The third kappa shape index (κ3) is 1.18. The highest BCUT2D eigenvalue weighted by Gasteiger charge is 2.06. The zero-order valence-corrected chi connectivity index (χ0v) is 9.20. The van der Waals surface area contributed by atoms with Crippen LogP contribution in [0.25, 0.3) is 16.4 Å². The minimum atomic E-state index is -0.214. The molecule has 0 atom stereocenters. The molecule has 15 heavy (non-hydrogen) atoms. The van der Waals surface area contributed by atoms with Gasteiger partial charge in [-0.25, -0.2) is 9.37 Å². The first-order valence-corrected chi connectivity index (χ1v) is 5.26. The highest BCUT2D eigenvalue weighted by Crippen LogP contribution is 2.23. The van der Waals surface area contributed by atoms with E-state index in [0.29, 0.717) is 5.39 Å². The molecular formula is C11H6BrFN2. The third-order valence-corrected chi connectivity index (χ3v) is 3.02. The summed E-state index contributed by atoms with van der Waals surface area (Å²) in [5.74, 6) is -0.214. The SMILES string of the molecule is Fc1cccc2c1ccn1c(Br)cnc21. The highest BCUT2D eigenvalue weighted by molar-refractivity contribution is 9.10. The summed E-state index contributed by atoms with van der Waals surface area (Å²) in [6, 6.07) is 6.77. The Balaban J connectivity index is 2.61. The van der Waals surface area contributed by atoms with E-state index in [1.54, 1.807) is 24.5 Å². The average molecular weight is 265 g/mol. The molecule has 3 aromatic rings. The number of hydrogen-bond acceptors (Lipinski definition) is 1. The van der Waals surface area contributed by atoms with Crippen LogP contribution in [-0.4, -0.2) is 9.38 Å². The molecule has 2 aromatic heterocycles. The fourth-order valence-electron chi connectivity index (χ4n) is 1.73. The summed E-state index contributed by atoms with van der Waals surface area (Å²) in [5, 5.41) is 1.42. The molecule has 0 radical (unpaired) electrons. The Kier molecular flexibility index (Phi) is 1.79. The Morgan fingerprint density at radius 3 is 2.93 bits per heavy atom. The molecule has 74 valence electrons. The molecule has 2 heterocycles. The minimum Gasteiger partial charge on any atom is -0.294 e. The summed E-state index contributed by atoms with van der Waals surface area (Å²) in [6.45, 7) is 0. The molecule has 0 saturated heterocycles. The summed E-state index contributed by atoms with van der Waals surface area (Å²) in [5.41, 5.74) is 0.763. The number of benzene rings is 1. The summed E-state index contributed by atoms with van der Waals surface area (Å²) < 4.78 is 16.2. The van der Waals surface area contributed by atoms with Crippen LogP contribution in [0.4, 0.5) is 4.39 Å². The van der Waals surface area contributed by atoms with Gasteiger partial charge in [0.05, 0.1) is 6.20 Å². The molecule has 0 N–H and O–H groups in total. The smallest absolute Gasteiger partial charge is 0.145 e. The summed E-state index contributed by atoms with van der Waals surface area (Å²) in [4.78, 5) is 4.24. The maximum atomic E-state index is 13.5. The first-order valence-electron chi connectivity index (χ1n) is 4.47. The van der Waals surface area contributed by atoms with E-state index >= 15 is 0 Å². The van der Waals surface area contributed by atoms with Crippen LogP contribution in [0.5, 0.6) is 0 Å². The van der Waals surface area contributed by atoms with Gasteiger partial charge in [0.2, 0.25) is 0 Å². The van der Waals surface area contributed by atoms with Gasteiger partial charge in [0.25, 0.3) is 0 Å². The molecule has 2 nitrogen and oxygen atoms in total. The molecule has 0 unspecified atom stereocenters. The van der Waals surface area contributed by atoms with Crippen molar-refractivity contribution in [1.29, 1.82) is 0 Å². The number of hydrogen-bond donors (Lipinski definition) is 0. The fraction of sp³-hybridized carbons (Fsp3) is 0. The predicted molar refractivity (Wildman–Crippen MR) is 60.4 cm³/mol. The van der Waals surface area contributed by atoms with E-state index < -0.39 is 0 Å². The number of pyridine rings is 1. The highest BCUT2D eigenvalue weighted by atomic mass is 79.9. The topological polar surface area (TPSA) is 17.3 Å². The Labute approximate surface area is 93.5 Å². The molecule has 0 spiro atoms. The van der Waals surface area contributed by atoms with E-state index in [2.05, 4.69) is 20.9 Å². The molecule has 0 amide bonds. The minimum absolute atomic E-state index is 0.214. The van der Waals surface area contributed by atoms with E-state index in [9.17, 15) is 4.39 Å². The molecular weight excluding hydrogens is 259 g/mol. The van der Waals surface area contributed by atoms with E-state index in [4.69, 9.17) is 0 Å². The molecule has 3 rings (SSSR count). The van der Waals surface area contributed by atoms with E-state index in [0.717, 1.165) is 15.6 Å². The number of halogens is 2. The average Bonchev–Trinajstić information content (AvgIpc) is 2.61. The van der Waals surface area contributed by atoms with Crippen molar-refractivity contribution >= 4 is 32.3 Å². The molecule has 0 aliphatic heterocycles. The van der Waals surface area contributed by atoms with Crippen molar-refractivity contribution in [2.24, 2.45) is 0 Å². The van der Waals surface area contributed by atoms with Crippen molar-refractivity contribution < 1.29 is 4.39 Å². The van der Waals surface area contributed by atoms with Crippen LogP contribution < -0.4 is 0 Å². The van der Waals surface area contributed by atoms with Crippen LogP contribution in [0.3, 0.4) is 0 Å². The van der Waals surface area contributed by atoms with Crippen LogP contribution >= 0.6 is 15.9 Å². The van der Waals surface area contributed by atoms with Crippen molar-refractivity contribution in [3.63, 3.8) is 0 Å². The zero-order valence-electron chi connectivity index (χ0n) is 7.61. The summed E-state index contributed by atoms with van der Waals surface area (Å²) >= 11 is 3.38. The Hall–Kier alpha value is -1.42. The number of aromatic nitrogens is 2. The molecule has 0 saturated carbocycles. The van der Waals surface area contributed by atoms with Crippen molar-refractivity contribution in [1.82, 2.24) is 9.38 Å². The molecule has 1 aromatic carbocycles. The fourth-order valence-corrected chi connectivity index (χ4v) is 2.12. The number of rotatable bonds is 0. The van der Waals surface area contributed by atoms with Crippen LogP contribution in [0.1, 0.15) is 0 Å². The van der Waals surface area contributed by atoms with Crippen molar-refractivity contribution in [2.75, 3.05) is 0 Å². The van der Waals surface area contributed by atoms with Crippen molar-refractivity contribution in [3.05, 3.63) is 47.1 Å². The number of nitrogens with zero attached hydrogens (tertiary/aromatic N) is 2. The van der Waals surface area contributed by atoms with E-state index in [-0.39, 0.29) is 5.82 Å². The molecule has 0 fully saturated rings. The monoisotopic (exact) mass is 264 g/mol. The third-order valence-electron chi connectivity index (χ3n) is 2.44. The van der Waals surface area contributed by atoms with Gasteiger partial charge in [-0.05, 0) is 28.1 Å². The molecule has 4 heteroatoms. The van der Waals surface area contributed by atoms with Gasteiger partial charge >= 0.3 is 0 Å². The molecule has 0 aliphatic carbocycles. The van der Waals surface area contributed by atoms with Crippen LogP contribution in [-0.2, 0) is 0 Å². The van der Waals surface area contributed by atoms with Crippen molar-refractivity contribution in [3.8, 4) is 0 Å². The summed E-state index contributed by atoms with van der Waals surface area (Å²) in [7, 11) is 0. The first-order chi connectivity index (χ1) is 7.27. The van der Waals surface area contributed by atoms with Gasteiger partial charge in [0.1, 0.15) is 16.1 Å². The Morgan fingerprint density at radius 2 is 2.07 bits per heavy atom. The van der Waals surface area contributed by atoms with Gasteiger partial charge in [0, 0.05) is 17.0 Å². The van der Waals surface area contributed by atoms with Gasteiger partial charge < -0.3 is 0 Å². The van der Waals surface area contributed by atoms with Gasteiger partial charge in [-0.15, -0.1) is 0 Å².